The second-order valence-corrected chi connectivity index (χ2v) is 5.17. The quantitative estimate of drug-likeness (QED) is 0.734. The van der Waals surface area contributed by atoms with E-state index in [1.54, 1.807) is 23.0 Å². The number of nitrogens with zero attached hydrogens (tertiary/aromatic N) is 3. The molecule has 0 bridgehead atoms. The largest absolute Gasteiger partial charge is 0.352 e. The average molecular weight is 343 g/mol. The number of hydrogen-bond acceptors (Lipinski definition) is 5. The smallest absolute Gasteiger partial charge is 0.289 e. The van der Waals surface area contributed by atoms with Crippen molar-refractivity contribution in [1.82, 2.24) is 20.3 Å². The number of carbonyl (C=O) groups excluding carboxylic acids is 2. The van der Waals surface area contributed by atoms with Gasteiger partial charge < -0.3 is 15.2 Å². The van der Waals surface area contributed by atoms with Crippen molar-refractivity contribution in [3.05, 3.63) is 65.6 Å². The fourth-order valence-electron chi connectivity index (χ4n) is 2.14. The summed E-state index contributed by atoms with van der Waals surface area (Å²) in [4.78, 5) is 23.5. The lowest BCUT2D eigenvalue weighted by Crippen LogP contribution is -2.17. The molecule has 0 saturated heterocycles. The monoisotopic (exact) mass is 343 g/mol. The Hall–Kier alpha value is -3.49. The van der Waals surface area contributed by atoms with Crippen molar-refractivity contribution in [3.63, 3.8) is 0 Å². The highest BCUT2D eigenvalue weighted by atomic mass is 19.1. The molecule has 9 heteroatoms. The topological polar surface area (TPSA) is 102 Å². The Bertz CT molecular complexity index is 918. The lowest BCUT2D eigenvalue weighted by molar-refractivity contribution is 0.0923. The first kappa shape index (κ1) is 16.4. The van der Waals surface area contributed by atoms with Crippen LogP contribution in [-0.4, -0.2) is 33.8 Å². The minimum atomic E-state index is -0.538. The molecule has 0 spiro atoms. The van der Waals surface area contributed by atoms with Crippen LogP contribution < -0.4 is 10.6 Å². The van der Waals surface area contributed by atoms with Gasteiger partial charge in [0, 0.05) is 19.3 Å². The number of rotatable bonds is 5. The summed E-state index contributed by atoms with van der Waals surface area (Å²) in [7, 11) is 1.44. The third kappa shape index (κ3) is 3.89. The van der Waals surface area contributed by atoms with Crippen LogP contribution in [0.2, 0.25) is 0 Å². The number of amides is 2. The van der Waals surface area contributed by atoms with Crippen molar-refractivity contribution in [2.24, 2.45) is 0 Å². The number of anilines is 1. The van der Waals surface area contributed by atoms with E-state index < -0.39 is 11.8 Å². The summed E-state index contributed by atoms with van der Waals surface area (Å²) in [5.41, 5.74) is 1.15. The van der Waals surface area contributed by atoms with Gasteiger partial charge >= 0.3 is 0 Å². The van der Waals surface area contributed by atoms with E-state index in [0.29, 0.717) is 12.2 Å². The SMILES string of the molecule is CNC(=O)c1cc(C(=O)Nc2cnn(Cc3cccc(F)c3)c2)no1. The van der Waals surface area contributed by atoms with E-state index >= 15 is 0 Å². The van der Waals surface area contributed by atoms with Gasteiger partial charge in [0.15, 0.2) is 5.69 Å². The Balaban J connectivity index is 1.65. The summed E-state index contributed by atoms with van der Waals surface area (Å²) in [6.45, 7) is 0.360. The Kier molecular flexibility index (Phi) is 4.55. The van der Waals surface area contributed by atoms with Crippen molar-refractivity contribution >= 4 is 17.5 Å². The van der Waals surface area contributed by atoms with Crippen LogP contribution in [0.4, 0.5) is 10.1 Å². The zero-order valence-electron chi connectivity index (χ0n) is 13.2. The number of nitrogens with one attached hydrogen (secondary N) is 2. The standard InChI is InChI=1S/C16H14FN5O3/c1-18-16(24)14-6-13(21-25-14)15(23)20-12-7-19-22(9-12)8-10-3-2-4-11(17)5-10/h2-7,9H,8H2,1H3,(H,18,24)(H,20,23). The first-order valence-corrected chi connectivity index (χ1v) is 7.32. The number of hydrogen-bond donors (Lipinski definition) is 2. The Labute approximate surface area is 141 Å². The molecule has 2 heterocycles. The third-order valence-corrected chi connectivity index (χ3v) is 3.32. The predicted octanol–water partition coefficient (Wildman–Crippen LogP) is 1.67. The summed E-state index contributed by atoms with van der Waals surface area (Å²) >= 11 is 0. The molecule has 2 N–H and O–H groups in total. The Morgan fingerprint density at radius 3 is 2.88 bits per heavy atom. The van der Waals surface area contributed by atoms with E-state index in [2.05, 4.69) is 20.9 Å². The van der Waals surface area contributed by atoms with Gasteiger partial charge in [0.05, 0.1) is 18.4 Å². The molecule has 0 aliphatic heterocycles. The predicted molar refractivity (Wildman–Crippen MR) is 85.6 cm³/mol. The maximum absolute atomic E-state index is 13.2. The average Bonchev–Trinajstić information content (AvgIpc) is 3.24. The molecule has 1 aromatic carbocycles. The molecule has 0 atom stereocenters. The van der Waals surface area contributed by atoms with Crippen molar-refractivity contribution in [1.29, 1.82) is 0 Å². The lowest BCUT2D eigenvalue weighted by Gasteiger charge is -2.01. The van der Waals surface area contributed by atoms with Crippen LogP contribution in [0.1, 0.15) is 26.6 Å². The van der Waals surface area contributed by atoms with Crippen molar-refractivity contribution in [2.45, 2.75) is 6.54 Å². The van der Waals surface area contributed by atoms with E-state index in [0.717, 1.165) is 5.56 Å². The number of aromatic nitrogens is 3. The molecule has 2 aromatic heterocycles. The highest BCUT2D eigenvalue weighted by Gasteiger charge is 2.17. The van der Waals surface area contributed by atoms with Crippen LogP contribution in [-0.2, 0) is 6.54 Å². The second kappa shape index (κ2) is 6.95. The molecule has 0 fully saturated rings. The van der Waals surface area contributed by atoms with Gasteiger partial charge in [-0.1, -0.05) is 17.3 Å². The third-order valence-electron chi connectivity index (χ3n) is 3.32. The molecule has 0 aliphatic rings. The molecular weight excluding hydrogens is 329 g/mol. The minimum Gasteiger partial charge on any atom is -0.352 e. The van der Waals surface area contributed by atoms with Crippen LogP contribution in [0.15, 0.2) is 47.2 Å². The minimum absolute atomic E-state index is 0.0310. The van der Waals surface area contributed by atoms with Gasteiger partial charge in [-0.05, 0) is 17.7 Å². The summed E-state index contributed by atoms with van der Waals surface area (Å²) in [6.07, 6.45) is 3.06. The molecule has 3 rings (SSSR count). The second-order valence-electron chi connectivity index (χ2n) is 5.17. The summed E-state index contributed by atoms with van der Waals surface area (Å²) in [6, 6.07) is 7.41. The van der Waals surface area contributed by atoms with Gasteiger partial charge in [0.2, 0.25) is 5.76 Å². The molecule has 25 heavy (non-hydrogen) atoms. The van der Waals surface area contributed by atoms with Crippen LogP contribution in [0, 0.1) is 5.82 Å². The lowest BCUT2D eigenvalue weighted by atomic mass is 10.2. The van der Waals surface area contributed by atoms with Crippen LogP contribution >= 0.6 is 0 Å². The molecule has 2 amide bonds. The maximum Gasteiger partial charge on any atom is 0.289 e. The van der Waals surface area contributed by atoms with Crippen molar-refractivity contribution in [2.75, 3.05) is 12.4 Å². The number of halogens is 1. The molecule has 0 aliphatic carbocycles. The van der Waals surface area contributed by atoms with E-state index in [1.165, 1.54) is 31.4 Å². The van der Waals surface area contributed by atoms with Gasteiger partial charge in [-0.3, -0.25) is 14.3 Å². The van der Waals surface area contributed by atoms with Crippen molar-refractivity contribution in [3.8, 4) is 0 Å². The fourth-order valence-corrected chi connectivity index (χ4v) is 2.14. The Morgan fingerprint density at radius 2 is 2.12 bits per heavy atom. The Morgan fingerprint density at radius 1 is 1.28 bits per heavy atom. The number of benzene rings is 1. The van der Waals surface area contributed by atoms with Gasteiger partial charge in [-0.25, -0.2) is 4.39 Å². The summed E-state index contributed by atoms with van der Waals surface area (Å²) in [5.74, 6) is -1.40. The van der Waals surface area contributed by atoms with Gasteiger partial charge in [0.1, 0.15) is 5.82 Å². The fraction of sp³-hybridized carbons (Fsp3) is 0.125. The van der Waals surface area contributed by atoms with Crippen LogP contribution in [0.5, 0.6) is 0 Å². The molecule has 128 valence electrons. The molecular formula is C16H14FN5O3. The zero-order chi connectivity index (χ0) is 17.8. The maximum atomic E-state index is 13.2. The highest BCUT2D eigenvalue weighted by molar-refractivity contribution is 6.04. The van der Waals surface area contributed by atoms with Gasteiger partial charge in [-0.15, -0.1) is 0 Å². The van der Waals surface area contributed by atoms with Gasteiger partial charge in [-0.2, -0.15) is 5.10 Å². The molecule has 8 nitrogen and oxygen atoms in total. The molecule has 3 aromatic rings. The normalized spacial score (nSPS) is 10.5. The molecule has 0 radical (unpaired) electrons. The van der Waals surface area contributed by atoms with Crippen LogP contribution in [0.3, 0.4) is 0 Å². The van der Waals surface area contributed by atoms with Gasteiger partial charge in [0.25, 0.3) is 11.8 Å². The zero-order valence-corrected chi connectivity index (χ0v) is 13.2. The molecule has 0 unspecified atom stereocenters. The summed E-state index contributed by atoms with van der Waals surface area (Å²) in [5, 5.41) is 12.6. The number of carbonyl (C=O) groups is 2. The highest BCUT2D eigenvalue weighted by Crippen LogP contribution is 2.11. The first-order valence-electron chi connectivity index (χ1n) is 7.32. The van der Waals surface area contributed by atoms with E-state index in [-0.39, 0.29) is 17.3 Å². The first-order chi connectivity index (χ1) is 12.0. The van der Waals surface area contributed by atoms with E-state index in [4.69, 9.17) is 4.52 Å². The molecule has 0 saturated carbocycles. The van der Waals surface area contributed by atoms with Crippen LogP contribution in [0.25, 0.3) is 0 Å². The van der Waals surface area contributed by atoms with E-state index in [1.807, 2.05) is 0 Å². The van der Waals surface area contributed by atoms with Crippen molar-refractivity contribution < 1.29 is 18.5 Å². The summed E-state index contributed by atoms with van der Waals surface area (Å²) < 4.78 is 19.5. The van der Waals surface area contributed by atoms with E-state index in [9.17, 15) is 14.0 Å².